The smallest absolute Gasteiger partial charge is 0.304 e. The van der Waals surface area contributed by atoms with Crippen molar-refractivity contribution in [3.63, 3.8) is 0 Å². The molecule has 1 aliphatic heterocycles. The van der Waals surface area contributed by atoms with Crippen LogP contribution in [0.25, 0.3) is 0 Å². The fourth-order valence-corrected chi connectivity index (χ4v) is 5.14. The predicted molar refractivity (Wildman–Crippen MR) is 79.3 cm³/mol. The minimum atomic E-state index is -3.69. The van der Waals surface area contributed by atoms with Crippen LogP contribution in [-0.2, 0) is 14.8 Å². The largest absolute Gasteiger partial charge is 0.381 e. The van der Waals surface area contributed by atoms with Gasteiger partial charge in [-0.3, -0.25) is 10.1 Å². The third-order valence-corrected chi connectivity index (χ3v) is 6.93. The van der Waals surface area contributed by atoms with E-state index in [1.54, 1.807) is 7.11 Å². The second-order valence-corrected chi connectivity index (χ2v) is 7.84. The summed E-state index contributed by atoms with van der Waals surface area (Å²) < 4.78 is 31.6. The lowest BCUT2D eigenvalue weighted by Crippen LogP contribution is -2.40. The number of nitrogens with zero attached hydrogens (tertiary/aromatic N) is 2. The summed E-state index contributed by atoms with van der Waals surface area (Å²) in [5.74, 6) is 0. The summed E-state index contributed by atoms with van der Waals surface area (Å²) in [4.78, 5) is 10.3. The highest BCUT2D eigenvalue weighted by Crippen LogP contribution is 2.38. The van der Waals surface area contributed by atoms with Crippen LogP contribution in [0.15, 0.2) is 10.3 Å². The van der Waals surface area contributed by atoms with E-state index >= 15 is 0 Å². The molecular weight excluding hydrogens is 318 g/mol. The lowest BCUT2D eigenvalue weighted by Gasteiger charge is -2.29. The number of hydrogen-bond donors (Lipinski definition) is 1. The number of methoxy groups -OCH3 is 1. The van der Waals surface area contributed by atoms with Gasteiger partial charge < -0.3 is 10.1 Å². The second kappa shape index (κ2) is 6.26. The molecule has 1 fully saturated rings. The Morgan fingerprint density at radius 2 is 2.10 bits per heavy atom. The molecule has 1 N–H and O–H groups in total. The number of sulfonamides is 1. The summed E-state index contributed by atoms with van der Waals surface area (Å²) in [7, 11) is -0.552. The zero-order valence-corrected chi connectivity index (χ0v) is 13.4. The van der Waals surface area contributed by atoms with Gasteiger partial charge in [0.05, 0.1) is 11.0 Å². The van der Waals surface area contributed by atoms with Gasteiger partial charge in [0.25, 0.3) is 10.0 Å². The molecule has 21 heavy (non-hydrogen) atoms. The van der Waals surface area contributed by atoms with Crippen LogP contribution in [0.2, 0.25) is 0 Å². The Balaban J connectivity index is 2.26. The van der Waals surface area contributed by atoms with Crippen molar-refractivity contribution in [2.24, 2.45) is 0 Å². The van der Waals surface area contributed by atoms with E-state index in [9.17, 15) is 18.5 Å². The fraction of sp³-hybridized carbons (Fsp3) is 0.636. The van der Waals surface area contributed by atoms with Crippen molar-refractivity contribution in [3.8, 4) is 0 Å². The number of anilines is 1. The minimum Gasteiger partial charge on any atom is -0.381 e. The highest BCUT2D eigenvalue weighted by atomic mass is 32.2. The van der Waals surface area contributed by atoms with Crippen LogP contribution >= 0.6 is 11.3 Å². The Morgan fingerprint density at radius 3 is 2.52 bits per heavy atom. The molecule has 0 spiro atoms. The van der Waals surface area contributed by atoms with Crippen LogP contribution < -0.4 is 5.32 Å². The number of ether oxygens (including phenoxy) is 1. The van der Waals surface area contributed by atoms with Gasteiger partial charge in [-0.1, -0.05) is 11.3 Å². The van der Waals surface area contributed by atoms with E-state index in [-0.39, 0.29) is 21.0 Å². The van der Waals surface area contributed by atoms with E-state index in [2.05, 4.69) is 5.32 Å². The van der Waals surface area contributed by atoms with Crippen LogP contribution in [0.3, 0.4) is 0 Å². The summed E-state index contributed by atoms with van der Waals surface area (Å²) in [6.07, 6.45) is 1.33. The van der Waals surface area contributed by atoms with Crippen molar-refractivity contribution in [1.29, 1.82) is 0 Å². The van der Waals surface area contributed by atoms with Crippen molar-refractivity contribution in [2.75, 3.05) is 32.6 Å². The number of nitrogens with one attached hydrogen (secondary N) is 1. The van der Waals surface area contributed by atoms with Gasteiger partial charge in [0.2, 0.25) is 0 Å². The predicted octanol–water partition coefficient (Wildman–Crippen LogP) is 1.50. The maximum absolute atomic E-state index is 12.5. The number of rotatable bonds is 5. The maximum Gasteiger partial charge on any atom is 0.304 e. The molecule has 0 saturated carbocycles. The van der Waals surface area contributed by atoms with Gasteiger partial charge in [0.1, 0.15) is 4.21 Å². The van der Waals surface area contributed by atoms with Gasteiger partial charge >= 0.3 is 5.69 Å². The molecular formula is C11H17N3O5S2. The molecule has 1 aromatic heterocycles. The lowest BCUT2D eigenvalue weighted by molar-refractivity contribution is -0.383. The first-order valence-electron chi connectivity index (χ1n) is 6.39. The Hall–Kier alpha value is -1.23. The lowest BCUT2D eigenvalue weighted by atomic mass is 10.1. The fourth-order valence-electron chi connectivity index (χ4n) is 2.24. The molecule has 1 saturated heterocycles. The highest BCUT2D eigenvalue weighted by Gasteiger charge is 2.33. The summed E-state index contributed by atoms with van der Waals surface area (Å²) in [5, 5.41) is 13.8. The molecule has 10 heteroatoms. The second-order valence-electron chi connectivity index (χ2n) is 4.63. The third kappa shape index (κ3) is 3.18. The van der Waals surface area contributed by atoms with E-state index in [0.29, 0.717) is 25.9 Å². The van der Waals surface area contributed by atoms with E-state index in [0.717, 1.165) is 17.4 Å². The zero-order valence-electron chi connectivity index (χ0n) is 11.7. The van der Waals surface area contributed by atoms with E-state index < -0.39 is 14.9 Å². The third-order valence-electron chi connectivity index (χ3n) is 3.44. The SMILES string of the molecule is CNc1sc(S(=O)(=O)N2CCC(OC)CC2)cc1[N+](=O)[O-]. The number of piperidine rings is 1. The van der Waals surface area contributed by atoms with Crippen molar-refractivity contribution in [1.82, 2.24) is 4.31 Å². The molecule has 118 valence electrons. The molecule has 0 aliphatic carbocycles. The monoisotopic (exact) mass is 335 g/mol. The van der Waals surface area contributed by atoms with Gasteiger partial charge in [0, 0.05) is 33.3 Å². The molecule has 1 aromatic rings. The Kier molecular flexibility index (Phi) is 4.81. The standard InChI is InChI=1S/C11H17N3O5S2/c1-12-11-9(14(15)16)7-10(20-11)21(17,18)13-5-3-8(19-2)4-6-13/h7-8,12H,3-6H2,1-2H3. The summed E-state index contributed by atoms with van der Waals surface area (Å²) in [5.41, 5.74) is -0.215. The van der Waals surface area contributed by atoms with Crippen molar-refractivity contribution < 1.29 is 18.1 Å². The van der Waals surface area contributed by atoms with Gasteiger partial charge in [-0.05, 0) is 12.8 Å². The van der Waals surface area contributed by atoms with Crippen molar-refractivity contribution in [3.05, 3.63) is 16.2 Å². The zero-order chi connectivity index (χ0) is 15.6. The molecule has 0 aromatic carbocycles. The average Bonchev–Trinajstić information content (AvgIpc) is 2.92. The van der Waals surface area contributed by atoms with Gasteiger partial charge in [-0.2, -0.15) is 4.31 Å². The molecule has 0 radical (unpaired) electrons. The minimum absolute atomic E-state index is 0.00517. The number of nitro groups is 1. The number of hydrogen-bond acceptors (Lipinski definition) is 7. The summed E-state index contributed by atoms with van der Waals surface area (Å²) >= 11 is 0.881. The topological polar surface area (TPSA) is 102 Å². The molecule has 8 nitrogen and oxygen atoms in total. The highest BCUT2D eigenvalue weighted by molar-refractivity contribution is 7.91. The van der Waals surface area contributed by atoms with Crippen LogP contribution in [0.1, 0.15) is 12.8 Å². The summed E-state index contributed by atoms with van der Waals surface area (Å²) in [6, 6.07) is 1.12. The molecule has 2 heterocycles. The molecule has 1 aliphatic rings. The van der Waals surface area contributed by atoms with E-state index in [4.69, 9.17) is 4.74 Å². The maximum atomic E-state index is 12.5. The molecule has 0 amide bonds. The van der Waals surface area contributed by atoms with Crippen molar-refractivity contribution >= 4 is 32.0 Å². The number of thiophene rings is 1. The first-order valence-corrected chi connectivity index (χ1v) is 8.64. The van der Waals surface area contributed by atoms with Crippen LogP contribution in [0.5, 0.6) is 0 Å². The first kappa shape index (κ1) is 16.1. The average molecular weight is 335 g/mol. The van der Waals surface area contributed by atoms with Gasteiger partial charge in [-0.15, -0.1) is 0 Å². The normalized spacial score (nSPS) is 17.8. The quantitative estimate of drug-likeness (QED) is 0.646. The Morgan fingerprint density at radius 1 is 1.48 bits per heavy atom. The van der Waals surface area contributed by atoms with E-state index in [1.807, 2.05) is 0 Å². The van der Waals surface area contributed by atoms with Crippen LogP contribution in [0.4, 0.5) is 10.7 Å². The Bertz CT molecular complexity index is 620. The Labute approximate surface area is 126 Å². The first-order chi connectivity index (χ1) is 9.90. The summed E-state index contributed by atoms with van der Waals surface area (Å²) in [6.45, 7) is 0.725. The van der Waals surface area contributed by atoms with Crippen molar-refractivity contribution in [2.45, 2.75) is 23.2 Å². The molecule has 0 unspecified atom stereocenters. The van der Waals surface area contributed by atoms with Gasteiger partial charge in [-0.25, -0.2) is 8.42 Å². The van der Waals surface area contributed by atoms with Crippen LogP contribution in [0, 0.1) is 10.1 Å². The van der Waals surface area contributed by atoms with Crippen LogP contribution in [-0.4, -0.2) is 51.0 Å². The molecule has 0 atom stereocenters. The van der Waals surface area contributed by atoms with E-state index in [1.165, 1.54) is 11.4 Å². The molecule has 0 bridgehead atoms. The van der Waals surface area contributed by atoms with Gasteiger partial charge in [0.15, 0.2) is 5.00 Å². The molecule has 2 rings (SSSR count).